The van der Waals surface area contributed by atoms with Crippen molar-refractivity contribution in [2.24, 2.45) is 0 Å². The maximum atomic E-state index is 5.86. The highest BCUT2D eigenvalue weighted by atomic mass is 35.5. The molecule has 0 aliphatic rings. The Labute approximate surface area is 109 Å². The summed E-state index contributed by atoms with van der Waals surface area (Å²) >= 11 is 7.43. The molecule has 0 bridgehead atoms. The van der Waals surface area contributed by atoms with E-state index in [0.717, 1.165) is 23.2 Å². The number of hydrogen-bond donors (Lipinski definition) is 2. The fraction of sp³-hybridized carbons (Fsp3) is 0.273. The Balaban J connectivity index is 1.96. The van der Waals surface area contributed by atoms with Crippen molar-refractivity contribution in [3.63, 3.8) is 0 Å². The number of nitrogens with one attached hydrogen (secondary N) is 2. The Morgan fingerprint density at radius 1 is 1.29 bits per heavy atom. The van der Waals surface area contributed by atoms with Crippen molar-refractivity contribution in [1.29, 1.82) is 0 Å². The van der Waals surface area contributed by atoms with Crippen molar-refractivity contribution in [3.05, 3.63) is 33.6 Å². The van der Waals surface area contributed by atoms with Gasteiger partial charge < -0.3 is 10.6 Å². The maximum absolute atomic E-state index is 5.86. The van der Waals surface area contributed by atoms with Gasteiger partial charge in [0.15, 0.2) is 0 Å². The summed E-state index contributed by atoms with van der Waals surface area (Å²) in [4.78, 5) is 9.61. The molecular weight excluding hydrogens is 256 g/mol. The van der Waals surface area contributed by atoms with E-state index in [1.165, 1.54) is 4.88 Å². The van der Waals surface area contributed by atoms with Crippen molar-refractivity contribution in [3.8, 4) is 0 Å². The van der Waals surface area contributed by atoms with Gasteiger partial charge in [-0.3, -0.25) is 0 Å². The molecule has 0 radical (unpaired) electrons. The maximum Gasteiger partial charge on any atom is 0.224 e. The smallest absolute Gasteiger partial charge is 0.224 e. The standard InChI is InChI=1S/C11H13ClN4S/c1-2-13-11-14-6-5-10(16-11)15-7-8-3-4-9(12)17-8/h3-6H,2,7H2,1H3,(H2,13,14,15,16). The van der Waals surface area contributed by atoms with Crippen molar-refractivity contribution in [1.82, 2.24) is 9.97 Å². The van der Waals surface area contributed by atoms with Gasteiger partial charge in [-0.25, -0.2) is 4.98 Å². The minimum Gasteiger partial charge on any atom is -0.365 e. The first-order valence-electron chi connectivity index (χ1n) is 5.33. The number of thiophene rings is 1. The molecule has 0 amide bonds. The molecule has 2 aromatic heterocycles. The van der Waals surface area contributed by atoms with Gasteiger partial charge in [-0.2, -0.15) is 4.98 Å². The summed E-state index contributed by atoms with van der Waals surface area (Å²) in [6.45, 7) is 3.54. The van der Waals surface area contributed by atoms with Crippen LogP contribution in [0.3, 0.4) is 0 Å². The lowest BCUT2D eigenvalue weighted by atomic mass is 10.4. The van der Waals surface area contributed by atoms with Crippen LogP contribution in [0, 0.1) is 0 Å². The molecule has 2 N–H and O–H groups in total. The van der Waals surface area contributed by atoms with Crippen molar-refractivity contribution in [2.75, 3.05) is 17.2 Å². The van der Waals surface area contributed by atoms with Crippen LogP contribution in [0.4, 0.5) is 11.8 Å². The molecule has 4 nitrogen and oxygen atoms in total. The number of nitrogens with zero attached hydrogens (tertiary/aromatic N) is 2. The summed E-state index contributed by atoms with van der Waals surface area (Å²) < 4.78 is 0.804. The SMILES string of the molecule is CCNc1nccc(NCc2ccc(Cl)s2)n1. The number of aromatic nitrogens is 2. The Hall–Kier alpha value is -1.33. The van der Waals surface area contributed by atoms with Gasteiger partial charge in [0.25, 0.3) is 0 Å². The van der Waals surface area contributed by atoms with E-state index in [0.29, 0.717) is 5.95 Å². The number of halogens is 1. The van der Waals surface area contributed by atoms with E-state index in [2.05, 4.69) is 20.6 Å². The normalized spacial score (nSPS) is 10.2. The molecule has 2 aromatic rings. The molecule has 0 fully saturated rings. The zero-order chi connectivity index (χ0) is 12.1. The lowest BCUT2D eigenvalue weighted by Gasteiger charge is -2.06. The fourth-order valence-electron chi connectivity index (χ4n) is 1.32. The number of rotatable bonds is 5. The van der Waals surface area contributed by atoms with Crippen LogP contribution in [0.1, 0.15) is 11.8 Å². The van der Waals surface area contributed by atoms with E-state index in [1.807, 2.05) is 25.1 Å². The topological polar surface area (TPSA) is 49.8 Å². The van der Waals surface area contributed by atoms with Crippen molar-refractivity contribution >= 4 is 34.7 Å². The molecule has 6 heteroatoms. The van der Waals surface area contributed by atoms with Crippen LogP contribution < -0.4 is 10.6 Å². The number of anilines is 2. The average Bonchev–Trinajstić information content (AvgIpc) is 2.74. The first kappa shape index (κ1) is 12.1. The van der Waals surface area contributed by atoms with Crippen LogP contribution in [0.15, 0.2) is 24.4 Å². The molecule has 17 heavy (non-hydrogen) atoms. The molecule has 0 saturated carbocycles. The zero-order valence-electron chi connectivity index (χ0n) is 9.40. The van der Waals surface area contributed by atoms with Crippen LogP contribution >= 0.6 is 22.9 Å². The molecule has 2 heterocycles. The third-order valence-electron chi connectivity index (χ3n) is 2.06. The van der Waals surface area contributed by atoms with E-state index in [-0.39, 0.29) is 0 Å². The lowest BCUT2D eigenvalue weighted by molar-refractivity contribution is 1.06. The summed E-state index contributed by atoms with van der Waals surface area (Å²) in [6, 6.07) is 5.75. The van der Waals surface area contributed by atoms with E-state index < -0.39 is 0 Å². The van der Waals surface area contributed by atoms with E-state index in [4.69, 9.17) is 11.6 Å². The van der Waals surface area contributed by atoms with Crippen molar-refractivity contribution < 1.29 is 0 Å². The molecule has 0 spiro atoms. The molecule has 0 aliphatic carbocycles. The Bertz CT molecular complexity index is 486. The summed E-state index contributed by atoms with van der Waals surface area (Å²) in [5, 5.41) is 6.30. The molecule has 2 rings (SSSR count). The second-order valence-electron chi connectivity index (χ2n) is 3.36. The van der Waals surface area contributed by atoms with Gasteiger partial charge in [-0.15, -0.1) is 11.3 Å². The van der Waals surface area contributed by atoms with Crippen molar-refractivity contribution in [2.45, 2.75) is 13.5 Å². The first-order chi connectivity index (χ1) is 8.28. The zero-order valence-corrected chi connectivity index (χ0v) is 11.0. The Morgan fingerprint density at radius 3 is 2.88 bits per heavy atom. The molecule has 0 aromatic carbocycles. The van der Waals surface area contributed by atoms with Crippen LogP contribution in [0.25, 0.3) is 0 Å². The quantitative estimate of drug-likeness (QED) is 0.874. The highest BCUT2D eigenvalue weighted by Crippen LogP contribution is 2.22. The Morgan fingerprint density at radius 2 is 2.18 bits per heavy atom. The van der Waals surface area contributed by atoms with Gasteiger partial charge in [0.05, 0.1) is 10.9 Å². The highest BCUT2D eigenvalue weighted by Gasteiger charge is 2.00. The van der Waals surface area contributed by atoms with Crippen LogP contribution in [0.5, 0.6) is 0 Å². The van der Waals surface area contributed by atoms with Gasteiger partial charge in [-0.05, 0) is 25.1 Å². The second-order valence-corrected chi connectivity index (χ2v) is 5.15. The lowest BCUT2D eigenvalue weighted by Crippen LogP contribution is -2.05. The molecule has 0 unspecified atom stereocenters. The largest absolute Gasteiger partial charge is 0.365 e. The number of hydrogen-bond acceptors (Lipinski definition) is 5. The Kier molecular flexibility index (Phi) is 4.17. The predicted molar refractivity (Wildman–Crippen MR) is 72.9 cm³/mol. The van der Waals surface area contributed by atoms with E-state index in [1.54, 1.807) is 17.5 Å². The summed E-state index contributed by atoms with van der Waals surface area (Å²) in [5.74, 6) is 1.45. The highest BCUT2D eigenvalue weighted by molar-refractivity contribution is 7.16. The molecule has 0 aliphatic heterocycles. The summed E-state index contributed by atoms with van der Waals surface area (Å²) in [6.07, 6.45) is 1.73. The third kappa shape index (κ3) is 3.57. The van der Waals surface area contributed by atoms with Gasteiger partial charge >= 0.3 is 0 Å². The van der Waals surface area contributed by atoms with Crippen LogP contribution in [-0.4, -0.2) is 16.5 Å². The summed E-state index contributed by atoms with van der Waals surface area (Å²) in [7, 11) is 0. The average molecular weight is 269 g/mol. The molecule has 90 valence electrons. The van der Waals surface area contributed by atoms with Crippen LogP contribution in [0.2, 0.25) is 4.34 Å². The van der Waals surface area contributed by atoms with Crippen LogP contribution in [-0.2, 0) is 6.54 Å². The van der Waals surface area contributed by atoms with Gasteiger partial charge in [0.2, 0.25) is 5.95 Å². The summed E-state index contributed by atoms with van der Waals surface area (Å²) in [5.41, 5.74) is 0. The van der Waals surface area contributed by atoms with Gasteiger partial charge in [0, 0.05) is 17.6 Å². The van der Waals surface area contributed by atoms with Gasteiger partial charge in [-0.1, -0.05) is 11.6 Å². The first-order valence-corrected chi connectivity index (χ1v) is 6.52. The third-order valence-corrected chi connectivity index (χ3v) is 3.29. The molecule has 0 atom stereocenters. The minimum absolute atomic E-state index is 0.640. The van der Waals surface area contributed by atoms with Gasteiger partial charge in [0.1, 0.15) is 5.82 Å². The monoisotopic (exact) mass is 268 g/mol. The molecular formula is C11H13ClN4S. The van der Waals surface area contributed by atoms with E-state index in [9.17, 15) is 0 Å². The fourth-order valence-corrected chi connectivity index (χ4v) is 2.35. The van der Waals surface area contributed by atoms with E-state index >= 15 is 0 Å². The predicted octanol–water partition coefficient (Wildman–Crippen LogP) is 3.24. The molecule has 0 saturated heterocycles. The second kappa shape index (κ2) is 5.84. The minimum atomic E-state index is 0.640.